The van der Waals surface area contributed by atoms with Crippen LogP contribution in [0.4, 0.5) is 0 Å². The Kier molecular flexibility index (Phi) is 13.3. The van der Waals surface area contributed by atoms with Crippen molar-refractivity contribution in [3.05, 3.63) is 12.2 Å². The van der Waals surface area contributed by atoms with Crippen molar-refractivity contribution in [2.75, 3.05) is 44.7 Å². The molecule has 4 aliphatic rings. The summed E-state index contributed by atoms with van der Waals surface area (Å²) >= 11 is 0. The molecule has 4 aliphatic heterocycles. The van der Waals surface area contributed by atoms with Crippen molar-refractivity contribution >= 4 is 51.2 Å². The number of nitrogens with one attached hydrogen (secondary N) is 3. The molecule has 2 saturated heterocycles. The van der Waals surface area contributed by atoms with Gasteiger partial charge in [0.1, 0.15) is 18.2 Å². The number of likely N-dealkylation sites (N-methyl/N-ethyl adjacent to an activating group) is 1. The Labute approximate surface area is 249 Å². The first-order chi connectivity index (χ1) is 19.5. The van der Waals surface area contributed by atoms with Crippen LogP contribution in [0.15, 0.2) is 12.2 Å². The van der Waals surface area contributed by atoms with E-state index in [0.717, 1.165) is 13.1 Å². The topological polar surface area (TPSA) is 157 Å². The van der Waals surface area contributed by atoms with E-state index in [1.165, 1.54) is 21.6 Å². The van der Waals surface area contributed by atoms with Crippen LogP contribution in [0.5, 0.6) is 0 Å². The van der Waals surface area contributed by atoms with E-state index in [9.17, 15) is 29.1 Å². The summed E-state index contributed by atoms with van der Waals surface area (Å²) in [5, 5.41) is 19.0. The summed E-state index contributed by atoms with van der Waals surface area (Å²) in [5.41, 5.74) is 0. The lowest BCUT2D eigenvalue weighted by atomic mass is 9.96. The Bertz CT molecular complexity index is 974. The molecule has 0 saturated carbocycles. The van der Waals surface area contributed by atoms with E-state index in [1.807, 2.05) is 20.9 Å². The molecule has 5 atom stereocenters. The van der Waals surface area contributed by atoms with E-state index in [2.05, 4.69) is 20.9 Å². The summed E-state index contributed by atoms with van der Waals surface area (Å²) in [4.78, 5) is 69.4. The number of carbonyl (C=O) groups excluding carboxylic acids is 5. The van der Waals surface area contributed by atoms with Crippen molar-refractivity contribution in [3.63, 3.8) is 0 Å². The van der Waals surface area contributed by atoms with Gasteiger partial charge >= 0.3 is 5.97 Å². The van der Waals surface area contributed by atoms with Crippen molar-refractivity contribution < 1.29 is 33.8 Å². The van der Waals surface area contributed by atoms with Gasteiger partial charge in [-0.25, -0.2) is 0 Å². The number of esters is 1. The van der Waals surface area contributed by atoms with Gasteiger partial charge in [0, 0.05) is 50.1 Å². The molecule has 0 aromatic rings. The Balaban J connectivity index is 1.86. The number of carbonyl (C=O) groups is 5. The fraction of sp³-hybridized carbons (Fsp3) is 0.741. The second-order valence-electron chi connectivity index (χ2n) is 11.1. The van der Waals surface area contributed by atoms with Gasteiger partial charge in [-0.05, 0) is 31.9 Å². The van der Waals surface area contributed by atoms with Crippen molar-refractivity contribution in [1.82, 2.24) is 25.8 Å². The largest absolute Gasteiger partial charge is 0.457 e. The van der Waals surface area contributed by atoms with Crippen molar-refractivity contribution in [2.24, 2.45) is 5.92 Å². The van der Waals surface area contributed by atoms with Gasteiger partial charge in [0.2, 0.25) is 23.6 Å². The van der Waals surface area contributed by atoms with Gasteiger partial charge in [0.25, 0.3) is 0 Å². The first kappa shape index (κ1) is 33.2. The van der Waals surface area contributed by atoms with Crippen LogP contribution in [-0.4, -0.2) is 120 Å². The molecule has 4 rings (SSSR count). The second-order valence-corrected chi connectivity index (χ2v) is 13.6. The lowest BCUT2D eigenvalue weighted by Gasteiger charge is -2.33. The summed E-state index contributed by atoms with van der Waals surface area (Å²) in [6, 6.07) is -2.43. The molecule has 41 heavy (non-hydrogen) atoms. The molecule has 0 aromatic carbocycles. The van der Waals surface area contributed by atoms with E-state index >= 15 is 0 Å². The number of aliphatic hydroxyl groups excluding tert-OH is 1. The first-order valence-corrected chi connectivity index (χ1v) is 16.7. The maximum atomic E-state index is 13.5. The van der Waals surface area contributed by atoms with Gasteiger partial charge in [-0.3, -0.25) is 24.0 Å². The van der Waals surface area contributed by atoms with Crippen molar-refractivity contribution in [2.45, 2.75) is 76.3 Å². The second kappa shape index (κ2) is 16.4. The molecule has 4 heterocycles. The van der Waals surface area contributed by atoms with Crippen LogP contribution in [-0.2, 0) is 28.7 Å². The monoisotopic (exact) mass is 613 g/mol. The van der Waals surface area contributed by atoms with E-state index in [-0.39, 0.29) is 49.7 Å². The molecule has 12 nitrogen and oxygen atoms in total. The molecule has 0 aromatic heterocycles. The van der Waals surface area contributed by atoms with Gasteiger partial charge < -0.3 is 35.6 Å². The Morgan fingerprint density at radius 1 is 1.05 bits per heavy atom. The average Bonchev–Trinajstić information content (AvgIpc) is 2.90. The number of aliphatic hydroxyl groups is 1. The predicted molar refractivity (Wildman–Crippen MR) is 158 cm³/mol. The molecular formula is C27H43N5O7S2. The third-order valence-electron chi connectivity index (χ3n) is 7.35. The van der Waals surface area contributed by atoms with E-state index in [1.54, 1.807) is 17.1 Å². The minimum Gasteiger partial charge on any atom is -0.457 e. The van der Waals surface area contributed by atoms with Crippen molar-refractivity contribution in [3.8, 4) is 0 Å². The highest BCUT2D eigenvalue weighted by Gasteiger charge is 2.32. The predicted octanol–water partition coefficient (Wildman–Crippen LogP) is 0.0588. The Hall–Kier alpha value is -2.29. The fourth-order valence-electron chi connectivity index (χ4n) is 4.77. The molecule has 2 fully saturated rings. The molecule has 4 N–H and O–H groups in total. The lowest BCUT2D eigenvalue weighted by molar-refractivity contribution is -0.150. The minimum absolute atomic E-state index is 0.0508. The van der Waals surface area contributed by atoms with Gasteiger partial charge in [-0.15, -0.1) is 0 Å². The zero-order valence-corrected chi connectivity index (χ0v) is 25.6. The summed E-state index contributed by atoms with van der Waals surface area (Å²) in [6.45, 7) is 6.52. The molecule has 14 heteroatoms. The molecular weight excluding hydrogens is 570 g/mol. The van der Waals surface area contributed by atoms with Crippen molar-refractivity contribution in [1.29, 1.82) is 0 Å². The highest BCUT2D eigenvalue weighted by atomic mass is 33.1. The standard InChI is InChI=1S/C27H43N5O7S2/c1-17(2)21-13-18(33)14-25(36)39-19-5-4-12-40-41-16-22(27(38)29-21)30-26(37)20(28-23(34)15-19)6-7-24(35)32-10-8-31(3)9-11-32/h4-5,17-22,33H,6-16H2,1-3H3,(H,28,34)(H,29,38)(H,30,37)/b5-4+/t18-,19-,20+,21-,22-/m1/s1. The average molecular weight is 614 g/mol. The number of hydrogen-bond donors (Lipinski definition) is 4. The fourth-order valence-corrected chi connectivity index (χ4v) is 6.74. The van der Waals surface area contributed by atoms with Gasteiger partial charge in [0.15, 0.2) is 0 Å². The number of ether oxygens (including phenoxy) is 1. The number of fused-ring (bicyclic) bond motifs is 16. The zero-order valence-electron chi connectivity index (χ0n) is 24.0. The minimum atomic E-state index is -1.06. The van der Waals surface area contributed by atoms with Crippen LogP contribution < -0.4 is 16.0 Å². The molecule has 4 amide bonds. The summed E-state index contributed by atoms with van der Waals surface area (Å²) in [5.74, 6) is -1.55. The normalized spacial score (nSPS) is 30.7. The Morgan fingerprint density at radius 3 is 2.49 bits per heavy atom. The summed E-state index contributed by atoms with van der Waals surface area (Å²) in [7, 11) is 4.87. The smallest absolute Gasteiger partial charge is 0.309 e. The Morgan fingerprint density at radius 2 is 1.78 bits per heavy atom. The third kappa shape index (κ3) is 11.1. The number of nitrogens with zero attached hydrogens (tertiary/aromatic N) is 2. The molecule has 0 spiro atoms. The van der Waals surface area contributed by atoms with Crippen LogP contribution >= 0.6 is 21.6 Å². The summed E-state index contributed by atoms with van der Waals surface area (Å²) < 4.78 is 5.53. The maximum absolute atomic E-state index is 13.5. The van der Waals surface area contributed by atoms with Crippen LogP contribution in [0.1, 0.15) is 46.0 Å². The van der Waals surface area contributed by atoms with Gasteiger partial charge in [-0.1, -0.05) is 41.5 Å². The van der Waals surface area contributed by atoms with E-state index in [4.69, 9.17) is 4.74 Å². The third-order valence-corrected chi connectivity index (χ3v) is 9.63. The van der Waals surface area contributed by atoms with Gasteiger partial charge in [-0.2, -0.15) is 0 Å². The van der Waals surface area contributed by atoms with E-state index < -0.39 is 54.0 Å². The number of amides is 4. The number of hydrogen-bond acceptors (Lipinski definition) is 10. The van der Waals surface area contributed by atoms with Crippen LogP contribution in [0, 0.1) is 5.92 Å². The number of rotatable bonds is 4. The summed E-state index contributed by atoms with van der Waals surface area (Å²) in [6.07, 6.45) is 1.18. The molecule has 2 bridgehead atoms. The highest BCUT2D eigenvalue weighted by Crippen LogP contribution is 2.23. The van der Waals surface area contributed by atoms with Crippen LogP contribution in [0.25, 0.3) is 0 Å². The molecule has 0 aliphatic carbocycles. The molecule has 0 unspecified atom stereocenters. The number of piperazine rings is 1. The van der Waals surface area contributed by atoms with Gasteiger partial charge in [0.05, 0.1) is 18.9 Å². The molecule has 0 radical (unpaired) electrons. The first-order valence-electron chi connectivity index (χ1n) is 14.2. The zero-order chi connectivity index (χ0) is 29.9. The highest BCUT2D eigenvalue weighted by molar-refractivity contribution is 8.76. The SMILES string of the molecule is CC(C)[C@H]1C[C@@H](O)CC(=O)O[C@@H]2/C=C/CSSC[C@@H](NC(=O)[C@H](CCC(=O)N3CCN(C)CC3)NC(=O)C2)C(=O)N1. The lowest BCUT2D eigenvalue weighted by Crippen LogP contribution is -2.57. The maximum Gasteiger partial charge on any atom is 0.309 e. The van der Waals surface area contributed by atoms with E-state index in [0.29, 0.717) is 18.8 Å². The molecule has 230 valence electrons. The van der Waals surface area contributed by atoms with Crippen LogP contribution in [0.3, 0.4) is 0 Å². The van der Waals surface area contributed by atoms with Crippen LogP contribution in [0.2, 0.25) is 0 Å². The quantitative estimate of drug-likeness (QED) is 0.194.